The van der Waals surface area contributed by atoms with Gasteiger partial charge in [0.15, 0.2) is 21.5 Å². The second-order valence-electron chi connectivity index (χ2n) is 10.4. The molecule has 1 aliphatic rings. The fourth-order valence-corrected chi connectivity index (χ4v) is 6.11. The predicted molar refractivity (Wildman–Crippen MR) is 148 cm³/mol. The van der Waals surface area contributed by atoms with E-state index in [1.54, 1.807) is 44.2 Å². The second kappa shape index (κ2) is 9.73. The van der Waals surface area contributed by atoms with Gasteiger partial charge in [-0.25, -0.2) is 18.4 Å². The van der Waals surface area contributed by atoms with Gasteiger partial charge >= 0.3 is 6.18 Å². The largest absolute Gasteiger partial charge is 0.457 e. The predicted octanol–water partition coefficient (Wildman–Crippen LogP) is 6.81. The maximum absolute atomic E-state index is 13.6. The van der Waals surface area contributed by atoms with Crippen molar-refractivity contribution in [1.82, 2.24) is 9.97 Å². The van der Waals surface area contributed by atoms with Crippen molar-refractivity contribution in [1.29, 1.82) is 0 Å². The van der Waals surface area contributed by atoms with E-state index in [0.717, 1.165) is 37.3 Å². The number of rotatable bonds is 5. The summed E-state index contributed by atoms with van der Waals surface area (Å²) < 4.78 is 72.9. The van der Waals surface area contributed by atoms with Crippen LogP contribution in [0, 0.1) is 13.8 Å². The Morgan fingerprint density at radius 3 is 2.39 bits per heavy atom. The number of H-pyrrole nitrogens is 1. The van der Waals surface area contributed by atoms with E-state index in [-0.39, 0.29) is 10.7 Å². The van der Waals surface area contributed by atoms with Gasteiger partial charge in [-0.3, -0.25) is 0 Å². The summed E-state index contributed by atoms with van der Waals surface area (Å²) in [6.45, 7) is 3.30. The molecule has 5 aromatic rings. The van der Waals surface area contributed by atoms with Crippen molar-refractivity contribution < 1.29 is 30.6 Å². The Morgan fingerprint density at radius 1 is 0.927 bits per heavy atom. The molecule has 1 N–H and O–H groups in total. The van der Waals surface area contributed by atoms with E-state index in [1.807, 2.05) is 12.1 Å². The highest BCUT2D eigenvalue weighted by atomic mass is 32.2. The Hall–Kier alpha value is -4.18. The number of nitrogens with zero attached hydrogens (tertiary/aromatic N) is 2. The number of aryl methyl sites for hydroxylation is 4. The molecular weight excluding hydrogens is 551 g/mol. The van der Waals surface area contributed by atoms with Crippen LogP contribution in [0.2, 0.25) is 0 Å². The fourth-order valence-electron chi connectivity index (χ4n) is 5.45. The highest BCUT2D eigenvalue weighted by molar-refractivity contribution is 7.90. The molecular formula is C31H27F3N3O3S+. The molecule has 0 amide bonds. The number of oxazole rings is 1. The summed E-state index contributed by atoms with van der Waals surface area (Å²) in [5.41, 5.74) is 5.33. The lowest BCUT2D eigenvalue weighted by Crippen LogP contribution is -2.32. The number of alkyl halides is 3. The third-order valence-corrected chi connectivity index (χ3v) is 8.55. The number of sulfone groups is 1. The van der Waals surface area contributed by atoms with E-state index < -0.39 is 21.7 Å². The number of hydrogen-bond acceptors (Lipinski definition) is 4. The maximum atomic E-state index is 13.6. The number of benzene rings is 3. The van der Waals surface area contributed by atoms with Gasteiger partial charge in [0, 0.05) is 25.7 Å². The summed E-state index contributed by atoms with van der Waals surface area (Å²) in [4.78, 5) is 7.31. The molecule has 3 aromatic carbocycles. The molecule has 0 spiro atoms. The molecule has 0 saturated carbocycles. The van der Waals surface area contributed by atoms with Gasteiger partial charge in [0.2, 0.25) is 5.69 Å². The molecule has 41 heavy (non-hydrogen) atoms. The van der Waals surface area contributed by atoms with Crippen molar-refractivity contribution in [3.63, 3.8) is 0 Å². The minimum absolute atomic E-state index is 0.169. The first-order valence-corrected chi connectivity index (χ1v) is 15.0. The van der Waals surface area contributed by atoms with Crippen LogP contribution in [0.25, 0.3) is 39.4 Å². The van der Waals surface area contributed by atoms with Gasteiger partial charge in [-0.1, -0.05) is 30.3 Å². The molecule has 6 rings (SSSR count). The molecule has 0 saturated heterocycles. The molecule has 10 heteroatoms. The molecule has 0 atom stereocenters. The molecule has 2 heterocycles. The van der Waals surface area contributed by atoms with Crippen LogP contribution in [0.3, 0.4) is 0 Å². The molecule has 0 bridgehead atoms. The SMILES string of the molecule is Cc1nc(-c2cc(-c3cccc(S(C)(=O)=O)c3)ccc2-[n+]2cc(C(F)(F)F)[nH]c2C)c(-c2ccc3c(c2)CCC3)o1. The second-order valence-corrected chi connectivity index (χ2v) is 12.4. The van der Waals surface area contributed by atoms with Crippen molar-refractivity contribution in [3.05, 3.63) is 95.4 Å². The van der Waals surface area contributed by atoms with E-state index >= 15 is 0 Å². The highest BCUT2D eigenvalue weighted by Gasteiger charge is 2.39. The van der Waals surface area contributed by atoms with Crippen LogP contribution < -0.4 is 4.57 Å². The third-order valence-electron chi connectivity index (χ3n) is 7.44. The summed E-state index contributed by atoms with van der Waals surface area (Å²) in [6, 6.07) is 18.0. The zero-order chi connectivity index (χ0) is 29.1. The molecule has 1 aliphatic carbocycles. The van der Waals surface area contributed by atoms with Gasteiger partial charge in [-0.15, -0.1) is 0 Å². The number of aromatic amines is 1. The summed E-state index contributed by atoms with van der Waals surface area (Å²) in [6.07, 6.45) is 0.710. The smallest absolute Gasteiger partial charge is 0.440 e. The number of fused-ring (bicyclic) bond motifs is 1. The average molecular weight is 579 g/mol. The Labute approximate surface area is 235 Å². The molecule has 2 aromatic heterocycles. The molecule has 6 nitrogen and oxygen atoms in total. The van der Waals surface area contributed by atoms with Gasteiger partial charge in [-0.2, -0.15) is 17.7 Å². The zero-order valence-electron chi connectivity index (χ0n) is 22.6. The Morgan fingerprint density at radius 2 is 1.66 bits per heavy atom. The molecule has 0 unspecified atom stereocenters. The van der Waals surface area contributed by atoms with Gasteiger partial charge in [0.25, 0.3) is 5.82 Å². The van der Waals surface area contributed by atoms with Crippen LogP contribution >= 0.6 is 0 Å². The summed E-state index contributed by atoms with van der Waals surface area (Å²) in [5, 5.41) is 0. The first-order chi connectivity index (χ1) is 19.4. The Balaban J connectivity index is 1.59. The maximum Gasteiger partial charge on any atom is 0.457 e. The lowest BCUT2D eigenvalue weighted by Gasteiger charge is -2.11. The Bertz CT molecular complexity index is 1920. The topological polar surface area (TPSA) is 79.8 Å². The number of aromatic nitrogens is 3. The fraction of sp³-hybridized carbons (Fsp3) is 0.226. The van der Waals surface area contributed by atoms with Crippen LogP contribution in [0.1, 0.15) is 35.0 Å². The number of hydrogen-bond donors (Lipinski definition) is 1. The van der Waals surface area contributed by atoms with E-state index in [4.69, 9.17) is 9.40 Å². The van der Waals surface area contributed by atoms with Crippen molar-refractivity contribution in [2.75, 3.05) is 6.26 Å². The van der Waals surface area contributed by atoms with E-state index in [9.17, 15) is 21.6 Å². The molecule has 0 radical (unpaired) electrons. The van der Waals surface area contributed by atoms with E-state index in [2.05, 4.69) is 17.1 Å². The molecule has 210 valence electrons. The minimum atomic E-state index is -4.55. The third kappa shape index (κ3) is 5.08. The van der Waals surface area contributed by atoms with Gasteiger partial charge < -0.3 is 4.42 Å². The minimum Gasteiger partial charge on any atom is -0.440 e. The van der Waals surface area contributed by atoms with Crippen molar-refractivity contribution in [2.45, 2.75) is 44.2 Å². The normalized spacial score (nSPS) is 13.5. The van der Waals surface area contributed by atoms with E-state index in [0.29, 0.717) is 39.7 Å². The standard InChI is InChI=1S/C31H26F3N3O3S/c1-18-35-28(31(32,33)34)17-37(18)27-13-12-23(22-8-5-9-25(15-22)41(3,38)39)16-26(27)29-30(40-19(2)36-29)24-11-10-20-6-4-7-21(20)14-24/h5,8-17H,4,6-7H2,1-3H3/p+1. The first kappa shape index (κ1) is 27.0. The van der Waals surface area contributed by atoms with E-state index in [1.165, 1.54) is 21.8 Å². The summed E-state index contributed by atoms with van der Waals surface area (Å²) >= 11 is 0. The van der Waals surface area contributed by atoms with Crippen molar-refractivity contribution in [3.8, 4) is 39.4 Å². The lowest BCUT2D eigenvalue weighted by molar-refractivity contribution is -0.601. The van der Waals surface area contributed by atoms with Gasteiger partial charge in [0.05, 0.1) is 10.5 Å². The quantitative estimate of drug-likeness (QED) is 0.233. The van der Waals surface area contributed by atoms with Crippen LogP contribution in [-0.4, -0.2) is 24.6 Å². The van der Waals surface area contributed by atoms with Crippen LogP contribution in [0.15, 0.2) is 76.2 Å². The monoisotopic (exact) mass is 578 g/mol. The van der Waals surface area contributed by atoms with Crippen molar-refractivity contribution >= 4 is 9.84 Å². The van der Waals surface area contributed by atoms with Crippen molar-refractivity contribution in [2.24, 2.45) is 0 Å². The summed E-state index contributed by atoms with van der Waals surface area (Å²) in [5.74, 6) is 1.22. The average Bonchev–Trinajstić information content (AvgIpc) is 3.65. The summed E-state index contributed by atoms with van der Waals surface area (Å²) in [7, 11) is -3.45. The zero-order valence-corrected chi connectivity index (χ0v) is 23.4. The Kier molecular flexibility index (Phi) is 6.41. The number of imidazole rings is 1. The van der Waals surface area contributed by atoms with Crippen LogP contribution in [-0.2, 0) is 28.9 Å². The number of nitrogens with one attached hydrogen (secondary N) is 1. The van der Waals surface area contributed by atoms with Gasteiger partial charge in [0.1, 0.15) is 17.6 Å². The first-order valence-electron chi connectivity index (χ1n) is 13.1. The van der Waals surface area contributed by atoms with Gasteiger partial charge in [-0.05, 0) is 71.8 Å². The number of halogens is 3. The molecule has 0 fully saturated rings. The van der Waals surface area contributed by atoms with Crippen LogP contribution in [0.4, 0.5) is 13.2 Å². The van der Waals surface area contributed by atoms with Crippen LogP contribution in [0.5, 0.6) is 0 Å². The lowest BCUT2D eigenvalue weighted by atomic mass is 9.97. The highest BCUT2D eigenvalue weighted by Crippen LogP contribution is 2.39. The molecule has 0 aliphatic heterocycles.